The minimum atomic E-state index is 0.649. The second-order valence-electron chi connectivity index (χ2n) is 4.62. The van der Waals surface area contributed by atoms with Crippen LogP contribution in [-0.2, 0) is 6.54 Å². The van der Waals surface area contributed by atoms with Crippen molar-refractivity contribution >= 4 is 15.9 Å². The summed E-state index contributed by atoms with van der Waals surface area (Å²) in [6.45, 7) is 5.53. The molecule has 0 aromatic carbocycles. The van der Waals surface area contributed by atoms with Gasteiger partial charge in [0, 0.05) is 23.5 Å². The molecular formula is C12H19BrN2. The Balaban J connectivity index is 2.13. The van der Waals surface area contributed by atoms with Crippen LogP contribution in [0.25, 0.3) is 0 Å². The summed E-state index contributed by atoms with van der Waals surface area (Å²) in [5.41, 5.74) is 1.29. The van der Waals surface area contributed by atoms with Gasteiger partial charge in [-0.2, -0.15) is 0 Å². The maximum atomic E-state index is 4.54. The van der Waals surface area contributed by atoms with Crippen molar-refractivity contribution < 1.29 is 0 Å². The minimum absolute atomic E-state index is 0.649. The van der Waals surface area contributed by atoms with Crippen molar-refractivity contribution in [1.29, 1.82) is 0 Å². The summed E-state index contributed by atoms with van der Waals surface area (Å²) >= 11 is 3.74. The fourth-order valence-electron chi connectivity index (χ4n) is 2.42. The second kappa shape index (κ2) is 4.69. The summed E-state index contributed by atoms with van der Waals surface area (Å²) in [4.78, 5) is 5.22. The molecule has 1 aromatic heterocycles. The smallest absolute Gasteiger partial charge is 0.0949 e. The molecule has 1 heterocycles. The van der Waals surface area contributed by atoms with Crippen LogP contribution < -0.4 is 0 Å². The second-order valence-corrected chi connectivity index (χ2v) is 5.92. The Morgan fingerprint density at radius 2 is 2.33 bits per heavy atom. The van der Waals surface area contributed by atoms with Gasteiger partial charge >= 0.3 is 0 Å². The van der Waals surface area contributed by atoms with E-state index in [-0.39, 0.29) is 0 Å². The maximum absolute atomic E-state index is 4.54. The molecule has 0 N–H and O–H groups in total. The zero-order valence-electron chi connectivity index (χ0n) is 9.49. The molecule has 0 saturated heterocycles. The molecule has 1 saturated carbocycles. The zero-order chi connectivity index (χ0) is 10.8. The van der Waals surface area contributed by atoms with Crippen LogP contribution in [0.2, 0.25) is 0 Å². The predicted molar refractivity (Wildman–Crippen MR) is 66.4 cm³/mol. The van der Waals surface area contributed by atoms with Gasteiger partial charge in [0.2, 0.25) is 0 Å². The number of aromatic nitrogens is 2. The molecule has 3 unspecified atom stereocenters. The number of halogens is 1. The van der Waals surface area contributed by atoms with Gasteiger partial charge in [-0.1, -0.05) is 22.9 Å². The number of imidazole rings is 1. The minimum Gasteiger partial charge on any atom is -0.337 e. The Bertz CT molecular complexity index is 321. The molecule has 2 nitrogen and oxygen atoms in total. The molecule has 84 valence electrons. The summed E-state index contributed by atoms with van der Waals surface area (Å²) < 4.78 is 2.17. The lowest BCUT2D eigenvalue weighted by atomic mass is 9.79. The van der Waals surface area contributed by atoms with E-state index >= 15 is 0 Å². The van der Waals surface area contributed by atoms with Crippen molar-refractivity contribution in [2.75, 3.05) is 0 Å². The third-order valence-electron chi connectivity index (χ3n) is 3.53. The first-order valence-electron chi connectivity index (χ1n) is 5.86. The molecule has 0 spiro atoms. The van der Waals surface area contributed by atoms with Crippen LogP contribution in [0.4, 0.5) is 0 Å². The van der Waals surface area contributed by atoms with E-state index in [2.05, 4.69) is 45.5 Å². The normalized spacial score (nSPS) is 31.8. The lowest BCUT2D eigenvalue weighted by Crippen LogP contribution is -2.21. The largest absolute Gasteiger partial charge is 0.337 e. The third kappa shape index (κ3) is 2.44. The Morgan fingerprint density at radius 1 is 1.53 bits per heavy atom. The maximum Gasteiger partial charge on any atom is 0.0949 e. The lowest BCUT2D eigenvalue weighted by molar-refractivity contribution is 0.335. The van der Waals surface area contributed by atoms with E-state index < -0.39 is 0 Å². The Morgan fingerprint density at radius 3 is 3.00 bits per heavy atom. The van der Waals surface area contributed by atoms with Crippen LogP contribution in [0.3, 0.4) is 0 Å². The average Bonchev–Trinajstić information content (AvgIpc) is 2.70. The van der Waals surface area contributed by atoms with Crippen LogP contribution >= 0.6 is 15.9 Å². The quantitative estimate of drug-likeness (QED) is 0.752. The third-order valence-corrected chi connectivity index (χ3v) is 4.36. The van der Waals surface area contributed by atoms with Crippen LogP contribution in [0.1, 0.15) is 44.7 Å². The van der Waals surface area contributed by atoms with Crippen molar-refractivity contribution in [3.05, 3.63) is 18.2 Å². The van der Waals surface area contributed by atoms with E-state index in [0.29, 0.717) is 10.7 Å². The number of aryl methyl sites for hydroxylation is 1. The highest BCUT2D eigenvalue weighted by Gasteiger charge is 2.28. The monoisotopic (exact) mass is 270 g/mol. The van der Waals surface area contributed by atoms with Crippen molar-refractivity contribution in [2.24, 2.45) is 5.92 Å². The molecule has 1 fully saturated rings. The van der Waals surface area contributed by atoms with Crippen LogP contribution in [-0.4, -0.2) is 14.4 Å². The Labute approximate surface area is 100 Å². The summed E-state index contributed by atoms with van der Waals surface area (Å²) in [5.74, 6) is 1.43. The zero-order valence-corrected chi connectivity index (χ0v) is 11.1. The molecule has 0 aliphatic heterocycles. The highest BCUT2D eigenvalue weighted by atomic mass is 79.9. The van der Waals surface area contributed by atoms with Crippen LogP contribution in [0.5, 0.6) is 0 Å². The number of rotatable bonds is 2. The molecule has 0 bridgehead atoms. The van der Waals surface area contributed by atoms with Gasteiger partial charge in [0.25, 0.3) is 0 Å². The topological polar surface area (TPSA) is 17.8 Å². The molecule has 3 atom stereocenters. The van der Waals surface area contributed by atoms with Crippen molar-refractivity contribution in [1.82, 2.24) is 9.55 Å². The van der Waals surface area contributed by atoms with Crippen molar-refractivity contribution in [3.63, 3.8) is 0 Å². The highest BCUT2D eigenvalue weighted by Crippen LogP contribution is 2.39. The number of nitrogens with zero attached hydrogens (tertiary/aromatic N) is 2. The van der Waals surface area contributed by atoms with Gasteiger partial charge in [0.1, 0.15) is 0 Å². The van der Waals surface area contributed by atoms with E-state index in [0.717, 1.165) is 12.5 Å². The fourth-order valence-corrected chi connectivity index (χ4v) is 3.09. The molecule has 3 heteroatoms. The SMILES string of the molecule is CCn1cnc(C2CC(Br)CCC2C)c1. The summed E-state index contributed by atoms with van der Waals surface area (Å²) in [5, 5.41) is 0. The molecular weight excluding hydrogens is 252 g/mol. The molecule has 1 aromatic rings. The van der Waals surface area contributed by atoms with E-state index in [4.69, 9.17) is 0 Å². The molecule has 15 heavy (non-hydrogen) atoms. The van der Waals surface area contributed by atoms with E-state index in [1.165, 1.54) is 25.0 Å². The number of hydrogen-bond acceptors (Lipinski definition) is 1. The highest BCUT2D eigenvalue weighted by molar-refractivity contribution is 9.09. The Hall–Kier alpha value is -0.310. The van der Waals surface area contributed by atoms with E-state index in [1.54, 1.807) is 0 Å². The van der Waals surface area contributed by atoms with Gasteiger partial charge in [-0.15, -0.1) is 0 Å². The summed E-state index contributed by atoms with van der Waals surface area (Å²) in [6.07, 6.45) is 8.04. The van der Waals surface area contributed by atoms with Gasteiger partial charge in [-0.25, -0.2) is 4.98 Å². The molecule has 2 rings (SSSR count). The predicted octanol–water partition coefficient (Wildman–Crippen LogP) is 3.57. The van der Waals surface area contributed by atoms with Crippen molar-refractivity contribution in [3.8, 4) is 0 Å². The van der Waals surface area contributed by atoms with Gasteiger partial charge in [-0.05, 0) is 32.1 Å². The standard InChI is InChI=1S/C12H19BrN2/c1-3-15-7-12(14-8-15)11-6-10(13)5-4-9(11)2/h7-11H,3-6H2,1-2H3. The summed E-state index contributed by atoms with van der Waals surface area (Å²) in [7, 11) is 0. The molecule has 0 radical (unpaired) electrons. The van der Waals surface area contributed by atoms with E-state index in [9.17, 15) is 0 Å². The average molecular weight is 271 g/mol. The summed E-state index contributed by atoms with van der Waals surface area (Å²) in [6, 6.07) is 0. The first-order valence-corrected chi connectivity index (χ1v) is 6.78. The van der Waals surface area contributed by atoms with Gasteiger partial charge < -0.3 is 4.57 Å². The van der Waals surface area contributed by atoms with Gasteiger partial charge in [0.15, 0.2) is 0 Å². The first kappa shape index (κ1) is 11.2. The first-order chi connectivity index (χ1) is 7.20. The lowest BCUT2D eigenvalue weighted by Gasteiger charge is -2.30. The molecule has 1 aliphatic carbocycles. The van der Waals surface area contributed by atoms with Crippen LogP contribution in [0, 0.1) is 5.92 Å². The Kier molecular flexibility index (Phi) is 3.49. The van der Waals surface area contributed by atoms with E-state index in [1.807, 2.05) is 6.33 Å². The van der Waals surface area contributed by atoms with Gasteiger partial charge in [-0.3, -0.25) is 0 Å². The molecule has 0 amide bonds. The fraction of sp³-hybridized carbons (Fsp3) is 0.750. The van der Waals surface area contributed by atoms with Crippen molar-refractivity contribution in [2.45, 2.75) is 50.4 Å². The number of alkyl halides is 1. The molecule has 1 aliphatic rings. The van der Waals surface area contributed by atoms with Crippen LogP contribution in [0.15, 0.2) is 12.5 Å². The van der Waals surface area contributed by atoms with Gasteiger partial charge in [0.05, 0.1) is 12.0 Å². The number of hydrogen-bond donors (Lipinski definition) is 0.